The first-order valence-electron chi connectivity index (χ1n) is 5.12. The van der Waals surface area contributed by atoms with Crippen molar-refractivity contribution in [3.8, 4) is 0 Å². The highest BCUT2D eigenvalue weighted by Gasteiger charge is 2.32. The molecule has 6 heteroatoms. The lowest BCUT2D eigenvalue weighted by Gasteiger charge is -2.19. The first-order chi connectivity index (χ1) is 7.54. The van der Waals surface area contributed by atoms with Gasteiger partial charge in [-0.15, -0.1) is 0 Å². The number of halogens is 2. The summed E-state index contributed by atoms with van der Waals surface area (Å²) in [5.41, 5.74) is 0. The summed E-state index contributed by atoms with van der Waals surface area (Å²) in [5.74, 6) is -3.59. The van der Waals surface area contributed by atoms with Gasteiger partial charge in [-0.05, 0) is 25.7 Å². The van der Waals surface area contributed by atoms with Gasteiger partial charge in [-0.25, -0.2) is 0 Å². The third-order valence-corrected chi connectivity index (χ3v) is 3.54. The topological polar surface area (TPSA) is 74.6 Å². The molecule has 2 N–H and O–H groups in total. The summed E-state index contributed by atoms with van der Waals surface area (Å²) in [5, 5.41) is 19.4. The molecule has 0 heterocycles. The van der Waals surface area contributed by atoms with Crippen molar-refractivity contribution in [2.24, 2.45) is 11.8 Å². The van der Waals surface area contributed by atoms with Crippen molar-refractivity contribution in [1.82, 2.24) is 0 Å². The SMILES string of the molecule is O=C(O)C(CCCBr)C(CCCBr)C(=O)O. The van der Waals surface area contributed by atoms with Crippen molar-refractivity contribution >= 4 is 43.8 Å². The standard InChI is InChI=1S/C10H16Br2O4/c11-5-1-3-7(9(13)14)8(10(15)16)4-2-6-12/h7-8H,1-6H2,(H,13,14)(H,15,16). The summed E-state index contributed by atoms with van der Waals surface area (Å²) in [6.45, 7) is 0. The van der Waals surface area contributed by atoms with Crippen LogP contribution >= 0.6 is 31.9 Å². The maximum Gasteiger partial charge on any atom is 0.307 e. The second-order valence-corrected chi connectivity index (χ2v) is 5.14. The fourth-order valence-electron chi connectivity index (χ4n) is 1.59. The van der Waals surface area contributed by atoms with Crippen LogP contribution in [-0.2, 0) is 9.59 Å². The molecule has 16 heavy (non-hydrogen) atoms. The Bertz CT molecular complexity index is 209. The molecular weight excluding hydrogens is 344 g/mol. The minimum absolute atomic E-state index is 0.403. The predicted octanol–water partition coefficient (Wildman–Crippen LogP) is 2.74. The first kappa shape index (κ1) is 15.9. The van der Waals surface area contributed by atoms with Gasteiger partial charge in [-0.1, -0.05) is 31.9 Å². The summed E-state index contributed by atoms with van der Waals surface area (Å²) in [7, 11) is 0. The van der Waals surface area contributed by atoms with Crippen molar-refractivity contribution in [3.63, 3.8) is 0 Å². The number of carbonyl (C=O) groups is 2. The van der Waals surface area contributed by atoms with E-state index >= 15 is 0 Å². The highest BCUT2D eigenvalue weighted by Crippen LogP contribution is 2.24. The van der Waals surface area contributed by atoms with Crippen LogP contribution in [0.3, 0.4) is 0 Å². The highest BCUT2D eigenvalue weighted by atomic mass is 79.9. The van der Waals surface area contributed by atoms with E-state index in [0.717, 1.165) is 0 Å². The molecule has 2 atom stereocenters. The van der Waals surface area contributed by atoms with Crippen LogP contribution in [0.4, 0.5) is 0 Å². The molecule has 0 saturated carbocycles. The maximum atomic E-state index is 11.0. The van der Waals surface area contributed by atoms with Crippen molar-refractivity contribution in [1.29, 1.82) is 0 Å². The zero-order valence-corrected chi connectivity index (χ0v) is 12.0. The lowest BCUT2D eigenvalue weighted by molar-refractivity contribution is -0.154. The van der Waals surface area contributed by atoms with E-state index in [9.17, 15) is 9.59 Å². The third kappa shape index (κ3) is 5.84. The molecule has 0 bridgehead atoms. The van der Waals surface area contributed by atoms with Crippen LogP contribution in [0.5, 0.6) is 0 Å². The van der Waals surface area contributed by atoms with Gasteiger partial charge < -0.3 is 10.2 Å². The third-order valence-electron chi connectivity index (χ3n) is 2.42. The van der Waals surface area contributed by atoms with Crippen molar-refractivity contribution in [2.45, 2.75) is 25.7 Å². The first-order valence-corrected chi connectivity index (χ1v) is 7.36. The minimum atomic E-state index is -1.01. The zero-order chi connectivity index (χ0) is 12.6. The molecule has 0 aromatic carbocycles. The number of hydrogen-bond acceptors (Lipinski definition) is 2. The van der Waals surface area contributed by atoms with E-state index in [2.05, 4.69) is 31.9 Å². The highest BCUT2D eigenvalue weighted by molar-refractivity contribution is 9.09. The molecule has 0 rings (SSSR count). The molecular formula is C10H16Br2O4. The summed E-state index contributed by atoms with van der Waals surface area (Å²) in [6.07, 6.45) is 2.16. The van der Waals surface area contributed by atoms with Crippen LogP contribution in [0, 0.1) is 11.8 Å². The molecule has 0 aliphatic carbocycles. The van der Waals surface area contributed by atoms with Gasteiger partial charge in [-0.2, -0.15) is 0 Å². The molecule has 0 aromatic rings. The lowest BCUT2D eigenvalue weighted by Crippen LogP contribution is -2.30. The van der Waals surface area contributed by atoms with E-state index in [1.54, 1.807) is 0 Å². The van der Waals surface area contributed by atoms with Crippen LogP contribution in [0.25, 0.3) is 0 Å². The molecule has 94 valence electrons. The van der Waals surface area contributed by atoms with Crippen LogP contribution in [0.15, 0.2) is 0 Å². The number of carboxylic acids is 2. The van der Waals surface area contributed by atoms with Crippen molar-refractivity contribution in [3.05, 3.63) is 0 Å². The molecule has 0 spiro atoms. The monoisotopic (exact) mass is 358 g/mol. The lowest BCUT2D eigenvalue weighted by atomic mass is 9.85. The average molecular weight is 360 g/mol. The van der Waals surface area contributed by atoms with E-state index in [1.165, 1.54) is 0 Å². The molecule has 0 aliphatic heterocycles. The number of alkyl halides is 2. The Morgan fingerprint density at radius 2 is 1.19 bits per heavy atom. The van der Waals surface area contributed by atoms with Crippen molar-refractivity contribution in [2.75, 3.05) is 10.7 Å². The van der Waals surface area contributed by atoms with Crippen molar-refractivity contribution < 1.29 is 19.8 Å². The minimum Gasteiger partial charge on any atom is -0.481 e. The average Bonchev–Trinajstić information content (AvgIpc) is 2.21. The Hall–Kier alpha value is -0.100. The summed E-state index contributed by atoms with van der Waals surface area (Å²) < 4.78 is 0. The predicted molar refractivity (Wildman–Crippen MR) is 68.3 cm³/mol. The fraction of sp³-hybridized carbons (Fsp3) is 0.800. The van der Waals surface area contributed by atoms with E-state index in [1.807, 2.05) is 0 Å². The van der Waals surface area contributed by atoms with Gasteiger partial charge in [0.15, 0.2) is 0 Å². The molecule has 0 radical (unpaired) electrons. The van der Waals surface area contributed by atoms with Gasteiger partial charge in [0.05, 0.1) is 11.8 Å². The Morgan fingerprint density at radius 1 is 0.875 bits per heavy atom. The Kier molecular flexibility index (Phi) is 8.93. The van der Waals surface area contributed by atoms with Crippen LogP contribution in [-0.4, -0.2) is 32.8 Å². The maximum absolute atomic E-state index is 11.0. The second-order valence-electron chi connectivity index (χ2n) is 3.55. The zero-order valence-electron chi connectivity index (χ0n) is 8.86. The largest absolute Gasteiger partial charge is 0.481 e. The number of rotatable bonds is 9. The van der Waals surface area contributed by atoms with E-state index in [-0.39, 0.29) is 0 Å². The van der Waals surface area contributed by atoms with Crippen LogP contribution in [0.1, 0.15) is 25.7 Å². The van der Waals surface area contributed by atoms with Gasteiger partial charge in [0.2, 0.25) is 0 Å². The quantitative estimate of drug-likeness (QED) is 0.620. The smallest absolute Gasteiger partial charge is 0.307 e. The Balaban J connectivity index is 4.52. The Labute approximate surface area is 112 Å². The fourth-order valence-corrected chi connectivity index (χ4v) is 2.24. The van der Waals surface area contributed by atoms with Gasteiger partial charge in [0.1, 0.15) is 0 Å². The normalized spacial score (nSPS) is 14.4. The number of carboxylic acid groups (broad SMARTS) is 2. The summed E-state index contributed by atoms with van der Waals surface area (Å²) >= 11 is 6.44. The van der Waals surface area contributed by atoms with Gasteiger partial charge in [-0.3, -0.25) is 9.59 Å². The van der Waals surface area contributed by atoms with Gasteiger partial charge in [0, 0.05) is 10.7 Å². The molecule has 0 amide bonds. The van der Waals surface area contributed by atoms with Crippen LogP contribution in [0.2, 0.25) is 0 Å². The van der Waals surface area contributed by atoms with E-state index in [4.69, 9.17) is 10.2 Å². The second kappa shape index (κ2) is 8.98. The van der Waals surface area contributed by atoms with E-state index in [0.29, 0.717) is 36.3 Å². The van der Waals surface area contributed by atoms with E-state index < -0.39 is 23.8 Å². The molecule has 0 fully saturated rings. The van der Waals surface area contributed by atoms with Gasteiger partial charge in [0.25, 0.3) is 0 Å². The Morgan fingerprint density at radius 3 is 1.38 bits per heavy atom. The molecule has 4 nitrogen and oxygen atoms in total. The number of hydrogen-bond donors (Lipinski definition) is 2. The van der Waals surface area contributed by atoms with Crippen LogP contribution < -0.4 is 0 Å². The molecule has 2 unspecified atom stereocenters. The van der Waals surface area contributed by atoms with Gasteiger partial charge >= 0.3 is 11.9 Å². The summed E-state index contributed by atoms with van der Waals surface area (Å²) in [6, 6.07) is 0. The molecule has 0 aromatic heterocycles. The molecule has 0 aliphatic rings. The molecule has 0 saturated heterocycles. The number of aliphatic carboxylic acids is 2. The summed E-state index contributed by atoms with van der Waals surface area (Å²) in [4.78, 5) is 22.0.